The molecule has 184 valence electrons. The van der Waals surface area contributed by atoms with Crippen LogP contribution in [0.4, 0.5) is 0 Å². The zero-order chi connectivity index (χ0) is 25.4. The molecule has 0 aliphatic rings. The second-order valence-corrected chi connectivity index (χ2v) is 9.79. The van der Waals surface area contributed by atoms with E-state index in [2.05, 4.69) is 5.32 Å². The molecule has 3 rings (SSSR count). The van der Waals surface area contributed by atoms with Crippen molar-refractivity contribution in [2.45, 2.75) is 58.7 Å². The maximum atomic E-state index is 13.8. The van der Waals surface area contributed by atoms with Gasteiger partial charge in [0, 0.05) is 29.1 Å². The van der Waals surface area contributed by atoms with Crippen molar-refractivity contribution in [1.82, 2.24) is 10.2 Å². The molecule has 0 spiro atoms. The second-order valence-electron chi connectivity index (χ2n) is 8.95. The van der Waals surface area contributed by atoms with Gasteiger partial charge >= 0.3 is 0 Å². The third-order valence-corrected chi connectivity index (χ3v) is 6.65. The summed E-state index contributed by atoms with van der Waals surface area (Å²) in [6.07, 6.45) is 1.29. The summed E-state index contributed by atoms with van der Waals surface area (Å²) in [5.74, 6) is -0.331. The lowest BCUT2D eigenvalue weighted by molar-refractivity contribution is -0.141. The van der Waals surface area contributed by atoms with Crippen LogP contribution in [0.3, 0.4) is 0 Å². The van der Waals surface area contributed by atoms with Crippen molar-refractivity contribution < 1.29 is 9.59 Å². The van der Waals surface area contributed by atoms with Crippen molar-refractivity contribution in [3.63, 3.8) is 0 Å². The van der Waals surface area contributed by atoms with Crippen molar-refractivity contribution in [1.29, 1.82) is 0 Å². The fourth-order valence-electron chi connectivity index (χ4n) is 3.93. The molecule has 0 saturated heterocycles. The Balaban J connectivity index is 1.99. The highest BCUT2D eigenvalue weighted by Gasteiger charge is 2.31. The SMILES string of the molecule is CC[C@H](C)NC(=O)[C@@H](Cc1ccccc1)N(Cc1cccc(C)c1)C(=O)Cc1ccc(Cl)cc1Cl. The number of nitrogens with zero attached hydrogens (tertiary/aromatic N) is 1. The van der Waals surface area contributed by atoms with E-state index in [1.54, 1.807) is 23.1 Å². The number of nitrogens with one attached hydrogen (secondary N) is 1. The van der Waals surface area contributed by atoms with Crippen LogP contribution in [0.2, 0.25) is 10.0 Å². The molecule has 0 saturated carbocycles. The molecule has 2 amide bonds. The Kier molecular flexibility index (Phi) is 9.76. The minimum Gasteiger partial charge on any atom is -0.352 e. The molecule has 0 aromatic heterocycles. The fourth-order valence-corrected chi connectivity index (χ4v) is 4.41. The van der Waals surface area contributed by atoms with E-state index in [9.17, 15) is 9.59 Å². The van der Waals surface area contributed by atoms with E-state index in [-0.39, 0.29) is 24.3 Å². The van der Waals surface area contributed by atoms with Gasteiger partial charge in [-0.15, -0.1) is 0 Å². The van der Waals surface area contributed by atoms with Gasteiger partial charge in [-0.3, -0.25) is 9.59 Å². The molecule has 0 fully saturated rings. The molecule has 3 aromatic carbocycles. The predicted octanol–water partition coefficient (Wildman–Crippen LogP) is 6.40. The summed E-state index contributed by atoms with van der Waals surface area (Å²) < 4.78 is 0. The molecule has 1 N–H and O–H groups in total. The van der Waals surface area contributed by atoms with E-state index in [1.807, 2.05) is 75.4 Å². The molecule has 3 aromatic rings. The van der Waals surface area contributed by atoms with E-state index >= 15 is 0 Å². The lowest BCUT2D eigenvalue weighted by Gasteiger charge is -2.32. The predicted molar refractivity (Wildman–Crippen MR) is 144 cm³/mol. The van der Waals surface area contributed by atoms with Gasteiger partial charge in [0.05, 0.1) is 6.42 Å². The third kappa shape index (κ3) is 7.84. The number of amides is 2. The molecule has 35 heavy (non-hydrogen) atoms. The van der Waals surface area contributed by atoms with Gasteiger partial charge in [-0.05, 0) is 49.1 Å². The summed E-state index contributed by atoms with van der Waals surface area (Å²) in [6, 6.07) is 22.2. The Hall–Kier alpha value is -2.82. The van der Waals surface area contributed by atoms with Gasteiger partial charge in [-0.25, -0.2) is 0 Å². The number of hydrogen-bond donors (Lipinski definition) is 1. The van der Waals surface area contributed by atoms with Gasteiger partial charge in [0.2, 0.25) is 11.8 Å². The van der Waals surface area contributed by atoms with Crippen molar-refractivity contribution in [2.75, 3.05) is 0 Å². The van der Waals surface area contributed by atoms with Crippen LogP contribution in [0.5, 0.6) is 0 Å². The first-order chi connectivity index (χ1) is 16.8. The monoisotopic (exact) mass is 510 g/mol. The standard InChI is InChI=1S/C29H32Cl2N2O2/c1-4-21(3)32-29(35)27(16-22-10-6-5-7-11-22)33(19-23-12-8-9-20(2)15-23)28(34)17-24-13-14-25(30)18-26(24)31/h5-15,18,21,27H,4,16-17,19H2,1-3H3,(H,32,35)/t21-,27+/m0/s1. The quantitative estimate of drug-likeness (QED) is 0.343. The molecule has 6 heteroatoms. The average Bonchev–Trinajstić information content (AvgIpc) is 2.83. The Morgan fingerprint density at radius 2 is 1.66 bits per heavy atom. The highest BCUT2D eigenvalue weighted by Crippen LogP contribution is 2.23. The summed E-state index contributed by atoms with van der Waals surface area (Å²) in [4.78, 5) is 29.0. The second kappa shape index (κ2) is 12.8. The Morgan fingerprint density at radius 3 is 2.31 bits per heavy atom. The molecular formula is C29H32Cl2N2O2. The third-order valence-electron chi connectivity index (χ3n) is 6.06. The van der Waals surface area contributed by atoms with Crippen molar-refractivity contribution in [3.05, 3.63) is 105 Å². The van der Waals surface area contributed by atoms with Gasteiger partial charge < -0.3 is 10.2 Å². The molecule has 0 bridgehead atoms. The normalized spacial score (nSPS) is 12.6. The summed E-state index contributed by atoms with van der Waals surface area (Å²) >= 11 is 12.4. The minimum absolute atomic E-state index is 0.00223. The molecular weight excluding hydrogens is 479 g/mol. The topological polar surface area (TPSA) is 49.4 Å². The first-order valence-electron chi connectivity index (χ1n) is 11.9. The number of carbonyl (C=O) groups is 2. The lowest BCUT2D eigenvalue weighted by Crippen LogP contribution is -2.52. The highest BCUT2D eigenvalue weighted by molar-refractivity contribution is 6.35. The number of aryl methyl sites for hydroxylation is 1. The van der Waals surface area contributed by atoms with E-state index in [4.69, 9.17) is 23.2 Å². The summed E-state index contributed by atoms with van der Waals surface area (Å²) in [6.45, 7) is 6.32. The highest BCUT2D eigenvalue weighted by atomic mass is 35.5. The first-order valence-corrected chi connectivity index (χ1v) is 12.7. The molecule has 0 unspecified atom stereocenters. The zero-order valence-corrected chi connectivity index (χ0v) is 21.9. The van der Waals surface area contributed by atoms with Crippen LogP contribution in [0, 0.1) is 6.92 Å². The van der Waals surface area contributed by atoms with Crippen LogP contribution < -0.4 is 5.32 Å². The number of benzene rings is 3. The van der Waals surface area contributed by atoms with Gasteiger partial charge in [0.1, 0.15) is 6.04 Å². The van der Waals surface area contributed by atoms with Gasteiger partial charge in [-0.1, -0.05) is 96.4 Å². The van der Waals surface area contributed by atoms with E-state index in [0.717, 1.165) is 23.1 Å². The molecule has 4 nitrogen and oxygen atoms in total. The van der Waals surface area contributed by atoms with Crippen molar-refractivity contribution in [2.24, 2.45) is 0 Å². The number of carbonyl (C=O) groups excluding carboxylic acids is 2. The van der Waals surface area contributed by atoms with Crippen LogP contribution in [0.15, 0.2) is 72.8 Å². The van der Waals surface area contributed by atoms with Crippen LogP contribution in [0.1, 0.15) is 42.5 Å². The van der Waals surface area contributed by atoms with Crippen LogP contribution >= 0.6 is 23.2 Å². The molecule has 2 atom stereocenters. The Morgan fingerprint density at radius 1 is 0.943 bits per heavy atom. The molecule has 0 radical (unpaired) electrons. The van der Waals surface area contributed by atoms with Gasteiger partial charge in [0.15, 0.2) is 0 Å². The van der Waals surface area contributed by atoms with E-state index < -0.39 is 6.04 Å². The van der Waals surface area contributed by atoms with Crippen LogP contribution in [-0.4, -0.2) is 28.8 Å². The average molecular weight is 511 g/mol. The molecule has 0 aliphatic carbocycles. The van der Waals surface area contributed by atoms with E-state index in [0.29, 0.717) is 28.6 Å². The summed E-state index contributed by atoms with van der Waals surface area (Å²) in [5.41, 5.74) is 3.73. The number of rotatable bonds is 10. The fraction of sp³-hybridized carbons (Fsp3) is 0.310. The lowest BCUT2D eigenvalue weighted by atomic mass is 10.0. The van der Waals surface area contributed by atoms with Gasteiger partial charge in [0.25, 0.3) is 0 Å². The number of halogens is 2. The first kappa shape index (κ1) is 26.8. The zero-order valence-electron chi connectivity index (χ0n) is 20.4. The smallest absolute Gasteiger partial charge is 0.243 e. The largest absolute Gasteiger partial charge is 0.352 e. The van der Waals surface area contributed by atoms with Gasteiger partial charge in [-0.2, -0.15) is 0 Å². The Labute approximate surface area is 218 Å². The van der Waals surface area contributed by atoms with Crippen molar-refractivity contribution in [3.8, 4) is 0 Å². The molecule has 0 heterocycles. The molecule has 0 aliphatic heterocycles. The number of hydrogen-bond acceptors (Lipinski definition) is 2. The Bertz CT molecular complexity index is 1150. The maximum Gasteiger partial charge on any atom is 0.243 e. The van der Waals surface area contributed by atoms with Crippen LogP contribution in [0.25, 0.3) is 0 Å². The summed E-state index contributed by atoms with van der Waals surface area (Å²) in [5, 5.41) is 4.04. The van der Waals surface area contributed by atoms with E-state index in [1.165, 1.54) is 0 Å². The summed E-state index contributed by atoms with van der Waals surface area (Å²) in [7, 11) is 0. The van der Waals surface area contributed by atoms with Crippen molar-refractivity contribution >= 4 is 35.0 Å². The minimum atomic E-state index is -0.675. The maximum absolute atomic E-state index is 13.8. The van der Waals surface area contributed by atoms with Crippen LogP contribution in [-0.2, 0) is 29.0 Å².